The largest absolute Gasteiger partial charge is 0.315 e. The molecule has 1 heterocycles. The van der Waals surface area contributed by atoms with Gasteiger partial charge in [-0.05, 0) is 44.3 Å². The first-order valence-electron chi connectivity index (χ1n) is 7.63. The van der Waals surface area contributed by atoms with E-state index in [1.165, 1.54) is 38.8 Å². The van der Waals surface area contributed by atoms with E-state index in [-0.39, 0.29) is 0 Å². The van der Waals surface area contributed by atoms with Gasteiger partial charge in [0, 0.05) is 12.6 Å². The van der Waals surface area contributed by atoms with E-state index in [2.05, 4.69) is 37.9 Å². The Morgan fingerprint density at radius 1 is 1.18 bits per heavy atom. The SMILES string of the molecule is CCCC1CCN(C(CNCC)C(C)C)CC1. The lowest BCUT2D eigenvalue weighted by Gasteiger charge is -2.39. The smallest absolute Gasteiger partial charge is 0.0243 e. The molecule has 1 saturated heterocycles. The van der Waals surface area contributed by atoms with Crippen molar-refractivity contribution in [3.05, 3.63) is 0 Å². The van der Waals surface area contributed by atoms with Gasteiger partial charge in [0.2, 0.25) is 0 Å². The Morgan fingerprint density at radius 3 is 2.29 bits per heavy atom. The molecule has 0 aromatic rings. The second-order valence-corrected chi connectivity index (χ2v) is 5.89. The number of hydrogen-bond donors (Lipinski definition) is 1. The van der Waals surface area contributed by atoms with E-state index in [9.17, 15) is 0 Å². The van der Waals surface area contributed by atoms with E-state index in [4.69, 9.17) is 0 Å². The normalized spacial score (nSPS) is 21.0. The summed E-state index contributed by atoms with van der Waals surface area (Å²) in [5, 5.41) is 3.52. The van der Waals surface area contributed by atoms with Gasteiger partial charge in [0.1, 0.15) is 0 Å². The van der Waals surface area contributed by atoms with Crippen LogP contribution in [0.25, 0.3) is 0 Å². The van der Waals surface area contributed by atoms with Crippen molar-refractivity contribution in [3.63, 3.8) is 0 Å². The molecule has 0 aromatic heterocycles. The number of rotatable bonds is 7. The van der Waals surface area contributed by atoms with Gasteiger partial charge in [0.05, 0.1) is 0 Å². The number of nitrogens with one attached hydrogen (secondary N) is 1. The molecule has 1 rings (SSSR count). The number of likely N-dealkylation sites (tertiary alicyclic amines) is 1. The van der Waals surface area contributed by atoms with Crippen molar-refractivity contribution in [2.24, 2.45) is 11.8 Å². The van der Waals surface area contributed by atoms with Gasteiger partial charge < -0.3 is 5.32 Å². The minimum absolute atomic E-state index is 0.734. The average Bonchev–Trinajstić information content (AvgIpc) is 2.31. The van der Waals surface area contributed by atoms with Crippen LogP contribution in [0, 0.1) is 11.8 Å². The summed E-state index contributed by atoms with van der Waals surface area (Å²) in [6, 6.07) is 0.734. The molecule has 0 bridgehead atoms. The highest BCUT2D eigenvalue weighted by atomic mass is 15.2. The zero-order valence-corrected chi connectivity index (χ0v) is 12.3. The molecule has 102 valence electrons. The summed E-state index contributed by atoms with van der Waals surface area (Å²) in [6.45, 7) is 14.1. The molecule has 2 heteroatoms. The van der Waals surface area contributed by atoms with Crippen molar-refractivity contribution >= 4 is 0 Å². The van der Waals surface area contributed by atoms with Gasteiger partial charge in [-0.2, -0.15) is 0 Å². The summed E-state index contributed by atoms with van der Waals surface area (Å²) in [5.74, 6) is 1.76. The van der Waals surface area contributed by atoms with Crippen LogP contribution in [-0.2, 0) is 0 Å². The van der Waals surface area contributed by atoms with Crippen LogP contribution in [0.1, 0.15) is 53.4 Å². The Hall–Kier alpha value is -0.0800. The molecular weight excluding hydrogens is 208 g/mol. The van der Waals surface area contributed by atoms with E-state index >= 15 is 0 Å². The molecule has 1 atom stereocenters. The lowest BCUT2D eigenvalue weighted by molar-refractivity contribution is 0.100. The van der Waals surface area contributed by atoms with Crippen LogP contribution in [0.15, 0.2) is 0 Å². The third-order valence-corrected chi connectivity index (χ3v) is 4.19. The van der Waals surface area contributed by atoms with E-state index in [1.807, 2.05) is 0 Å². The molecule has 17 heavy (non-hydrogen) atoms. The van der Waals surface area contributed by atoms with Crippen molar-refractivity contribution in [2.75, 3.05) is 26.2 Å². The second kappa shape index (κ2) is 8.10. The van der Waals surface area contributed by atoms with Gasteiger partial charge in [-0.1, -0.05) is 40.5 Å². The van der Waals surface area contributed by atoms with Gasteiger partial charge in [-0.15, -0.1) is 0 Å². The van der Waals surface area contributed by atoms with Crippen LogP contribution >= 0.6 is 0 Å². The maximum atomic E-state index is 3.52. The number of piperidine rings is 1. The molecule has 0 saturated carbocycles. The van der Waals surface area contributed by atoms with Crippen molar-refractivity contribution in [2.45, 2.75) is 59.4 Å². The fourth-order valence-electron chi connectivity index (χ4n) is 3.06. The quantitative estimate of drug-likeness (QED) is 0.735. The zero-order chi connectivity index (χ0) is 12.7. The number of nitrogens with zero attached hydrogens (tertiary/aromatic N) is 1. The minimum Gasteiger partial charge on any atom is -0.315 e. The van der Waals surface area contributed by atoms with Crippen LogP contribution in [0.5, 0.6) is 0 Å². The molecule has 1 aliphatic rings. The van der Waals surface area contributed by atoms with E-state index < -0.39 is 0 Å². The molecule has 0 amide bonds. The molecule has 0 spiro atoms. The van der Waals surface area contributed by atoms with Crippen molar-refractivity contribution < 1.29 is 0 Å². The molecule has 1 aliphatic heterocycles. The van der Waals surface area contributed by atoms with Crippen molar-refractivity contribution in [1.29, 1.82) is 0 Å². The average molecular weight is 240 g/mol. The van der Waals surface area contributed by atoms with Crippen molar-refractivity contribution in [1.82, 2.24) is 10.2 Å². The third kappa shape index (κ3) is 4.97. The van der Waals surface area contributed by atoms with Gasteiger partial charge >= 0.3 is 0 Å². The molecular formula is C15H32N2. The molecule has 2 nitrogen and oxygen atoms in total. The molecule has 1 N–H and O–H groups in total. The van der Waals surface area contributed by atoms with Crippen LogP contribution in [-0.4, -0.2) is 37.1 Å². The third-order valence-electron chi connectivity index (χ3n) is 4.19. The van der Waals surface area contributed by atoms with Gasteiger partial charge in [0.25, 0.3) is 0 Å². The van der Waals surface area contributed by atoms with Crippen LogP contribution in [0.2, 0.25) is 0 Å². The Labute approximate surface area is 108 Å². The summed E-state index contributed by atoms with van der Waals surface area (Å²) in [5.41, 5.74) is 0. The van der Waals surface area contributed by atoms with E-state index in [0.29, 0.717) is 0 Å². The summed E-state index contributed by atoms with van der Waals surface area (Å²) in [6.07, 6.45) is 5.63. The van der Waals surface area contributed by atoms with Crippen LogP contribution < -0.4 is 5.32 Å². The predicted molar refractivity (Wildman–Crippen MR) is 76.4 cm³/mol. The zero-order valence-electron chi connectivity index (χ0n) is 12.3. The van der Waals surface area contributed by atoms with Gasteiger partial charge in [-0.25, -0.2) is 0 Å². The molecule has 0 aromatic carbocycles. The lowest BCUT2D eigenvalue weighted by Crippen LogP contribution is -2.48. The van der Waals surface area contributed by atoms with E-state index in [0.717, 1.165) is 31.0 Å². The number of hydrogen-bond acceptors (Lipinski definition) is 2. The maximum absolute atomic E-state index is 3.52. The molecule has 0 radical (unpaired) electrons. The first-order chi connectivity index (χ1) is 8.19. The topological polar surface area (TPSA) is 15.3 Å². The van der Waals surface area contributed by atoms with Crippen LogP contribution in [0.4, 0.5) is 0 Å². The second-order valence-electron chi connectivity index (χ2n) is 5.89. The fourth-order valence-corrected chi connectivity index (χ4v) is 3.06. The highest BCUT2D eigenvalue weighted by Crippen LogP contribution is 2.24. The molecule has 0 aliphatic carbocycles. The standard InChI is InChI=1S/C15H32N2/c1-5-7-14-8-10-17(11-9-14)15(13(3)4)12-16-6-2/h13-16H,5-12H2,1-4H3. The first-order valence-corrected chi connectivity index (χ1v) is 7.63. The fraction of sp³-hybridized carbons (Fsp3) is 1.00. The van der Waals surface area contributed by atoms with Crippen molar-refractivity contribution in [3.8, 4) is 0 Å². The summed E-state index contributed by atoms with van der Waals surface area (Å²) in [4.78, 5) is 2.72. The molecule has 1 unspecified atom stereocenters. The van der Waals surface area contributed by atoms with E-state index in [1.54, 1.807) is 0 Å². The summed E-state index contributed by atoms with van der Waals surface area (Å²) in [7, 11) is 0. The Balaban J connectivity index is 2.37. The minimum atomic E-state index is 0.734. The summed E-state index contributed by atoms with van der Waals surface area (Å²) < 4.78 is 0. The highest BCUT2D eigenvalue weighted by Gasteiger charge is 2.26. The Bertz CT molecular complexity index is 183. The first kappa shape index (κ1) is 15.0. The Morgan fingerprint density at radius 2 is 1.82 bits per heavy atom. The predicted octanol–water partition coefficient (Wildman–Crippen LogP) is 3.13. The number of likely N-dealkylation sites (N-methyl/N-ethyl adjacent to an activating group) is 1. The Kier molecular flexibility index (Phi) is 7.14. The maximum Gasteiger partial charge on any atom is 0.0243 e. The van der Waals surface area contributed by atoms with Gasteiger partial charge in [-0.3, -0.25) is 4.90 Å². The molecule has 1 fully saturated rings. The highest BCUT2D eigenvalue weighted by molar-refractivity contribution is 4.81. The summed E-state index contributed by atoms with van der Waals surface area (Å²) >= 11 is 0. The van der Waals surface area contributed by atoms with Gasteiger partial charge in [0.15, 0.2) is 0 Å². The monoisotopic (exact) mass is 240 g/mol. The lowest BCUT2D eigenvalue weighted by atomic mass is 9.90. The van der Waals surface area contributed by atoms with Crippen LogP contribution in [0.3, 0.4) is 0 Å².